The summed E-state index contributed by atoms with van der Waals surface area (Å²) >= 11 is 1.53. The lowest BCUT2D eigenvalue weighted by Crippen LogP contribution is -2.55. The zero-order valence-corrected chi connectivity index (χ0v) is 14.8. The summed E-state index contributed by atoms with van der Waals surface area (Å²) < 4.78 is 0. The Labute approximate surface area is 145 Å². The summed E-state index contributed by atoms with van der Waals surface area (Å²) in [6, 6.07) is 0.259. The zero-order chi connectivity index (χ0) is 16.7. The van der Waals surface area contributed by atoms with Gasteiger partial charge in [0.2, 0.25) is 5.91 Å². The maximum absolute atomic E-state index is 12.8. The first-order valence-corrected chi connectivity index (χ1v) is 9.41. The minimum Gasteiger partial charge on any atom is -0.340 e. The van der Waals surface area contributed by atoms with Crippen LogP contribution in [0, 0.1) is 0 Å². The summed E-state index contributed by atoms with van der Waals surface area (Å²) in [5.41, 5.74) is 0.803. The van der Waals surface area contributed by atoms with Crippen LogP contribution in [0.5, 0.6) is 0 Å². The number of thiazole rings is 1. The van der Waals surface area contributed by atoms with Crippen LogP contribution in [0.25, 0.3) is 10.8 Å². The highest BCUT2D eigenvalue weighted by Gasteiger charge is 2.41. The van der Waals surface area contributed by atoms with E-state index in [0.717, 1.165) is 35.8 Å². The molecule has 2 aromatic rings. The van der Waals surface area contributed by atoms with Crippen LogP contribution in [0.1, 0.15) is 39.0 Å². The van der Waals surface area contributed by atoms with E-state index in [9.17, 15) is 4.79 Å². The minimum atomic E-state index is -0.135. The third kappa shape index (κ3) is 2.38. The van der Waals surface area contributed by atoms with Gasteiger partial charge in [0, 0.05) is 24.7 Å². The van der Waals surface area contributed by atoms with Crippen molar-refractivity contribution in [1.29, 1.82) is 0 Å². The molecule has 0 spiro atoms. The molecule has 4 rings (SSSR count). The molecule has 7 heteroatoms. The molecule has 1 aliphatic heterocycles. The molecule has 0 radical (unpaired) electrons. The standard InChI is InChI=1S/C17H21N5OS/c1-3-12-17(23)21(2)13-10-19-14(16-18-8-9-24-16)20-15(13)22(12)11-6-4-5-7-11/h8-12H,3-7H2,1-2H3/t12-/m1/s1. The smallest absolute Gasteiger partial charge is 0.249 e. The summed E-state index contributed by atoms with van der Waals surface area (Å²) in [6.07, 6.45) is 9.03. The number of hydrogen-bond acceptors (Lipinski definition) is 6. The molecule has 1 aliphatic carbocycles. The highest BCUT2D eigenvalue weighted by molar-refractivity contribution is 7.13. The Morgan fingerprint density at radius 2 is 2.08 bits per heavy atom. The average molecular weight is 343 g/mol. The predicted molar refractivity (Wildman–Crippen MR) is 95.4 cm³/mol. The van der Waals surface area contributed by atoms with Crippen molar-refractivity contribution in [3.05, 3.63) is 17.8 Å². The van der Waals surface area contributed by atoms with Crippen LogP contribution in [-0.2, 0) is 4.79 Å². The molecule has 24 heavy (non-hydrogen) atoms. The van der Waals surface area contributed by atoms with E-state index in [4.69, 9.17) is 4.98 Å². The van der Waals surface area contributed by atoms with Gasteiger partial charge in [0.1, 0.15) is 11.7 Å². The number of hydrogen-bond donors (Lipinski definition) is 0. The summed E-state index contributed by atoms with van der Waals surface area (Å²) in [5, 5.41) is 2.74. The van der Waals surface area contributed by atoms with E-state index in [1.54, 1.807) is 17.3 Å². The number of anilines is 2. The number of carbonyl (C=O) groups excluding carboxylic acids is 1. The van der Waals surface area contributed by atoms with Gasteiger partial charge < -0.3 is 9.80 Å². The van der Waals surface area contributed by atoms with Crippen molar-refractivity contribution in [3.8, 4) is 10.8 Å². The van der Waals surface area contributed by atoms with Crippen molar-refractivity contribution in [2.75, 3.05) is 16.8 Å². The van der Waals surface area contributed by atoms with Gasteiger partial charge in [-0.05, 0) is 19.3 Å². The molecule has 0 unspecified atom stereocenters. The monoisotopic (exact) mass is 343 g/mol. The van der Waals surface area contributed by atoms with Gasteiger partial charge >= 0.3 is 0 Å². The van der Waals surface area contributed by atoms with E-state index >= 15 is 0 Å². The Bertz CT molecular complexity index is 741. The van der Waals surface area contributed by atoms with E-state index in [2.05, 4.69) is 21.8 Å². The van der Waals surface area contributed by atoms with Crippen molar-refractivity contribution in [3.63, 3.8) is 0 Å². The molecule has 2 aliphatic rings. The molecule has 126 valence electrons. The third-order valence-corrected chi connectivity index (χ3v) is 5.80. The second-order valence-corrected chi connectivity index (χ2v) is 7.30. The summed E-state index contributed by atoms with van der Waals surface area (Å²) in [6.45, 7) is 2.08. The predicted octanol–water partition coefficient (Wildman–Crippen LogP) is 3.10. The van der Waals surface area contributed by atoms with Crippen LogP contribution in [0.15, 0.2) is 17.8 Å². The fourth-order valence-corrected chi connectivity index (χ4v) is 4.40. The van der Waals surface area contributed by atoms with E-state index in [1.165, 1.54) is 24.2 Å². The summed E-state index contributed by atoms with van der Waals surface area (Å²) in [7, 11) is 1.82. The lowest BCUT2D eigenvalue weighted by atomic mass is 10.0. The molecule has 0 aromatic carbocycles. The fraction of sp³-hybridized carbons (Fsp3) is 0.529. The van der Waals surface area contributed by atoms with Crippen molar-refractivity contribution in [1.82, 2.24) is 15.0 Å². The van der Waals surface area contributed by atoms with Gasteiger partial charge in [0.25, 0.3) is 0 Å². The second-order valence-electron chi connectivity index (χ2n) is 6.41. The van der Waals surface area contributed by atoms with E-state index in [-0.39, 0.29) is 11.9 Å². The maximum atomic E-state index is 12.8. The van der Waals surface area contributed by atoms with E-state index in [0.29, 0.717) is 11.9 Å². The number of fused-ring (bicyclic) bond motifs is 1. The van der Waals surface area contributed by atoms with Gasteiger partial charge in [-0.1, -0.05) is 19.8 Å². The molecule has 1 saturated carbocycles. The Kier molecular flexibility index (Phi) is 3.96. The normalized spacial score (nSPS) is 21.4. The van der Waals surface area contributed by atoms with Gasteiger partial charge in [-0.15, -0.1) is 11.3 Å². The van der Waals surface area contributed by atoms with Crippen LogP contribution in [0.4, 0.5) is 11.5 Å². The molecule has 0 N–H and O–H groups in total. The largest absolute Gasteiger partial charge is 0.340 e. The zero-order valence-electron chi connectivity index (χ0n) is 14.0. The van der Waals surface area contributed by atoms with Crippen molar-refractivity contribution >= 4 is 28.7 Å². The molecule has 1 amide bonds. The van der Waals surface area contributed by atoms with Crippen LogP contribution in [0.3, 0.4) is 0 Å². The Morgan fingerprint density at radius 1 is 1.29 bits per heavy atom. The van der Waals surface area contributed by atoms with Crippen LogP contribution in [-0.4, -0.2) is 40.0 Å². The first-order chi connectivity index (χ1) is 11.7. The summed E-state index contributed by atoms with van der Waals surface area (Å²) in [4.78, 5) is 30.4. The molecular weight excluding hydrogens is 322 g/mol. The molecule has 2 aromatic heterocycles. The number of nitrogens with zero attached hydrogens (tertiary/aromatic N) is 5. The molecule has 0 bridgehead atoms. The lowest BCUT2D eigenvalue weighted by Gasteiger charge is -2.43. The molecule has 1 fully saturated rings. The first-order valence-electron chi connectivity index (χ1n) is 8.53. The van der Waals surface area contributed by atoms with Crippen molar-refractivity contribution < 1.29 is 4.79 Å². The Morgan fingerprint density at radius 3 is 2.75 bits per heavy atom. The Hall–Kier alpha value is -2.02. The number of aromatic nitrogens is 3. The van der Waals surface area contributed by atoms with Crippen molar-refractivity contribution in [2.45, 2.75) is 51.1 Å². The Balaban J connectivity index is 1.84. The maximum Gasteiger partial charge on any atom is 0.249 e. The third-order valence-electron chi connectivity index (χ3n) is 5.04. The molecule has 3 heterocycles. The molecular formula is C17H21N5OS. The van der Waals surface area contributed by atoms with Gasteiger partial charge in [0.05, 0.1) is 6.20 Å². The molecule has 0 saturated heterocycles. The van der Waals surface area contributed by atoms with Gasteiger partial charge in [0.15, 0.2) is 16.6 Å². The SMILES string of the molecule is CC[C@@H]1C(=O)N(C)c2cnc(-c3nccs3)nc2N1C1CCCC1. The fourth-order valence-electron chi connectivity index (χ4n) is 3.82. The number of rotatable bonds is 3. The topological polar surface area (TPSA) is 62.2 Å². The number of amides is 1. The molecule has 1 atom stereocenters. The average Bonchev–Trinajstić information content (AvgIpc) is 3.30. The highest BCUT2D eigenvalue weighted by Crippen LogP contribution is 2.40. The van der Waals surface area contributed by atoms with E-state index < -0.39 is 0 Å². The van der Waals surface area contributed by atoms with Crippen molar-refractivity contribution in [2.24, 2.45) is 0 Å². The van der Waals surface area contributed by atoms with Crippen LogP contribution < -0.4 is 9.80 Å². The number of carbonyl (C=O) groups is 1. The van der Waals surface area contributed by atoms with Gasteiger partial charge in [-0.3, -0.25) is 4.79 Å². The summed E-state index contributed by atoms with van der Waals surface area (Å²) in [5.74, 6) is 1.67. The van der Waals surface area contributed by atoms with Gasteiger partial charge in [-0.25, -0.2) is 15.0 Å². The number of likely N-dealkylation sites (N-methyl/N-ethyl adjacent to an activating group) is 1. The van der Waals surface area contributed by atoms with E-state index in [1.807, 2.05) is 12.4 Å². The second kappa shape index (κ2) is 6.12. The molecule has 6 nitrogen and oxygen atoms in total. The van der Waals surface area contributed by atoms with Crippen LogP contribution >= 0.6 is 11.3 Å². The highest BCUT2D eigenvalue weighted by atomic mass is 32.1. The lowest BCUT2D eigenvalue weighted by molar-refractivity contribution is -0.120. The van der Waals surface area contributed by atoms with Gasteiger partial charge in [-0.2, -0.15) is 0 Å². The minimum absolute atomic E-state index is 0.135. The first kappa shape index (κ1) is 15.5. The quantitative estimate of drug-likeness (QED) is 0.857. The van der Waals surface area contributed by atoms with Crippen LogP contribution in [0.2, 0.25) is 0 Å².